The molecular formula is C19H30N4O. The average Bonchev–Trinajstić information content (AvgIpc) is 3.02. The van der Waals surface area contributed by atoms with Crippen molar-refractivity contribution in [3.63, 3.8) is 0 Å². The first-order valence-corrected chi connectivity index (χ1v) is 8.92. The van der Waals surface area contributed by atoms with Gasteiger partial charge in [0, 0.05) is 50.5 Å². The summed E-state index contributed by atoms with van der Waals surface area (Å²) >= 11 is 0. The maximum atomic E-state index is 5.56. The van der Waals surface area contributed by atoms with E-state index in [1.54, 1.807) is 7.05 Å². The zero-order valence-corrected chi connectivity index (χ0v) is 14.9. The Bertz CT molecular complexity index is 621. The number of H-pyrrole nitrogens is 1. The number of hydrogen-bond acceptors (Lipinski definition) is 2. The molecule has 132 valence electrons. The molecule has 2 rings (SSSR count). The normalized spacial score (nSPS) is 11.8. The van der Waals surface area contributed by atoms with Gasteiger partial charge in [0.1, 0.15) is 0 Å². The Morgan fingerprint density at radius 1 is 1.12 bits per heavy atom. The molecule has 0 fully saturated rings. The molecule has 0 unspecified atom stereocenters. The van der Waals surface area contributed by atoms with Crippen LogP contribution in [0.2, 0.25) is 0 Å². The van der Waals surface area contributed by atoms with E-state index < -0.39 is 0 Å². The van der Waals surface area contributed by atoms with Gasteiger partial charge >= 0.3 is 0 Å². The monoisotopic (exact) mass is 330 g/mol. The smallest absolute Gasteiger partial charge is 0.190 e. The third-order valence-electron chi connectivity index (χ3n) is 3.99. The van der Waals surface area contributed by atoms with Crippen LogP contribution in [0.4, 0.5) is 0 Å². The van der Waals surface area contributed by atoms with Crippen molar-refractivity contribution in [1.29, 1.82) is 0 Å². The van der Waals surface area contributed by atoms with Crippen molar-refractivity contribution >= 4 is 16.9 Å². The largest absolute Gasteiger partial charge is 0.381 e. The van der Waals surface area contributed by atoms with Gasteiger partial charge in [0.25, 0.3) is 0 Å². The molecule has 1 heterocycles. The SMILES string of the molecule is CCCCOCCCNC(=NC)NCCc1c[nH]c2ccccc12. The molecule has 5 nitrogen and oxygen atoms in total. The fourth-order valence-corrected chi connectivity index (χ4v) is 2.60. The first-order chi connectivity index (χ1) is 11.8. The number of ether oxygens (including phenoxy) is 1. The minimum atomic E-state index is 0.805. The van der Waals surface area contributed by atoms with Gasteiger partial charge in [-0.25, -0.2) is 0 Å². The highest BCUT2D eigenvalue weighted by Crippen LogP contribution is 2.17. The van der Waals surface area contributed by atoms with Gasteiger partial charge in [-0.1, -0.05) is 31.5 Å². The second-order valence-corrected chi connectivity index (χ2v) is 5.85. The highest BCUT2D eigenvalue weighted by Gasteiger charge is 2.03. The van der Waals surface area contributed by atoms with Gasteiger partial charge in [0.15, 0.2) is 5.96 Å². The number of fused-ring (bicyclic) bond motifs is 1. The summed E-state index contributed by atoms with van der Waals surface area (Å²) in [4.78, 5) is 7.58. The van der Waals surface area contributed by atoms with Crippen LogP contribution < -0.4 is 10.6 Å². The third-order valence-corrected chi connectivity index (χ3v) is 3.99. The zero-order chi connectivity index (χ0) is 17.0. The number of aliphatic imine (C=N–C) groups is 1. The number of aromatic nitrogens is 1. The Morgan fingerprint density at radius 2 is 1.92 bits per heavy atom. The van der Waals surface area contributed by atoms with Gasteiger partial charge < -0.3 is 20.4 Å². The van der Waals surface area contributed by atoms with Crippen molar-refractivity contribution < 1.29 is 4.74 Å². The van der Waals surface area contributed by atoms with Crippen LogP contribution in [0.25, 0.3) is 10.9 Å². The molecule has 0 aliphatic rings. The minimum Gasteiger partial charge on any atom is -0.381 e. The van der Waals surface area contributed by atoms with Gasteiger partial charge in [-0.15, -0.1) is 0 Å². The maximum absolute atomic E-state index is 5.56. The number of para-hydroxylation sites is 1. The van der Waals surface area contributed by atoms with Crippen LogP contribution in [0.15, 0.2) is 35.5 Å². The number of aromatic amines is 1. The van der Waals surface area contributed by atoms with Crippen molar-refractivity contribution in [2.45, 2.75) is 32.6 Å². The third kappa shape index (κ3) is 5.89. The summed E-state index contributed by atoms with van der Waals surface area (Å²) in [6.07, 6.45) is 6.38. The quantitative estimate of drug-likeness (QED) is 0.356. The molecule has 0 amide bonds. The molecule has 0 atom stereocenters. The van der Waals surface area contributed by atoms with Gasteiger partial charge in [-0.05, 0) is 30.9 Å². The molecule has 0 spiro atoms. The van der Waals surface area contributed by atoms with Crippen LogP contribution in [0.5, 0.6) is 0 Å². The first kappa shape index (κ1) is 18.3. The van der Waals surface area contributed by atoms with E-state index in [2.05, 4.69) is 58.0 Å². The topological polar surface area (TPSA) is 61.4 Å². The van der Waals surface area contributed by atoms with Crippen LogP contribution in [-0.4, -0.2) is 44.3 Å². The number of nitrogens with one attached hydrogen (secondary N) is 3. The highest BCUT2D eigenvalue weighted by atomic mass is 16.5. The zero-order valence-electron chi connectivity index (χ0n) is 14.9. The molecule has 24 heavy (non-hydrogen) atoms. The Kier molecular flexibility index (Phi) is 8.18. The summed E-state index contributed by atoms with van der Waals surface area (Å²) in [7, 11) is 1.80. The summed E-state index contributed by atoms with van der Waals surface area (Å²) in [6.45, 7) is 5.58. The molecule has 0 saturated heterocycles. The molecule has 0 bridgehead atoms. The standard InChI is InChI=1S/C19H30N4O/c1-3-4-13-24-14-7-11-21-19(20-2)22-12-10-16-15-23-18-9-6-5-8-17(16)18/h5-6,8-9,15,23H,3-4,7,10-14H2,1-2H3,(H2,20,21,22). The van der Waals surface area contributed by atoms with Crippen molar-refractivity contribution in [3.8, 4) is 0 Å². The van der Waals surface area contributed by atoms with E-state index in [9.17, 15) is 0 Å². The van der Waals surface area contributed by atoms with E-state index in [0.717, 1.165) is 51.5 Å². The number of guanidine groups is 1. The summed E-state index contributed by atoms with van der Waals surface area (Å²) in [5, 5.41) is 7.99. The Hall–Kier alpha value is -2.01. The number of hydrogen-bond donors (Lipinski definition) is 3. The van der Waals surface area contributed by atoms with Crippen LogP contribution in [0.3, 0.4) is 0 Å². The summed E-state index contributed by atoms with van der Waals surface area (Å²) < 4.78 is 5.56. The molecule has 3 N–H and O–H groups in total. The molecule has 1 aromatic carbocycles. The van der Waals surface area contributed by atoms with Crippen molar-refractivity contribution in [1.82, 2.24) is 15.6 Å². The molecule has 0 aliphatic carbocycles. The average molecular weight is 330 g/mol. The van der Waals surface area contributed by atoms with E-state index >= 15 is 0 Å². The fraction of sp³-hybridized carbons (Fsp3) is 0.526. The van der Waals surface area contributed by atoms with E-state index in [4.69, 9.17) is 4.74 Å². The number of unbranched alkanes of at least 4 members (excludes halogenated alkanes) is 1. The molecule has 0 saturated carbocycles. The van der Waals surface area contributed by atoms with Crippen LogP contribution >= 0.6 is 0 Å². The second kappa shape index (κ2) is 10.7. The molecule has 0 radical (unpaired) electrons. The van der Waals surface area contributed by atoms with Gasteiger partial charge in [0.05, 0.1) is 0 Å². The lowest BCUT2D eigenvalue weighted by Crippen LogP contribution is -2.39. The first-order valence-electron chi connectivity index (χ1n) is 8.92. The van der Waals surface area contributed by atoms with E-state index in [1.165, 1.54) is 22.9 Å². The summed E-state index contributed by atoms with van der Waals surface area (Å²) in [6, 6.07) is 8.40. The Balaban J connectivity index is 1.63. The maximum Gasteiger partial charge on any atom is 0.190 e. The molecule has 2 aromatic rings. The van der Waals surface area contributed by atoms with Crippen molar-refractivity contribution in [2.24, 2.45) is 4.99 Å². The van der Waals surface area contributed by atoms with Crippen LogP contribution in [-0.2, 0) is 11.2 Å². The lowest BCUT2D eigenvalue weighted by Gasteiger charge is -2.11. The minimum absolute atomic E-state index is 0.805. The van der Waals surface area contributed by atoms with E-state index in [-0.39, 0.29) is 0 Å². The molecule has 5 heteroatoms. The van der Waals surface area contributed by atoms with E-state index in [0.29, 0.717) is 0 Å². The number of rotatable bonds is 10. The van der Waals surface area contributed by atoms with Gasteiger partial charge in [-0.3, -0.25) is 4.99 Å². The Morgan fingerprint density at radius 3 is 2.75 bits per heavy atom. The fourth-order valence-electron chi connectivity index (χ4n) is 2.60. The van der Waals surface area contributed by atoms with Crippen molar-refractivity contribution in [2.75, 3.05) is 33.4 Å². The second-order valence-electron chi connectivity index (χ2n) is 5.85. The lowest BCUT2D eigenvalue weighted by atomic mass is 10.1. The summed E-state index contributed by atoms with van der Waals surface area (Å²) in [5.41, 5.74) is 2.52. The van der Waals surface area contributed by atoms with Gasteiger partial charge in [-0.2, -0.15) is 0 Å². The van der Waals surface area contributed by atoms with Crippen molar-refractivity contribution in [3.05, 3.63) is 36.0 Å². The lowest BCUT2D eigenvalue weighted by molar-refractivity contribution is 0.129. The molecule has 0 aliphatic heterocycles. The van der Waals surface area contributed by atoms with E-state index in [1.807, 2.05) is 0 Å². The molecule has 1 aromatic heterocycles. The predicted octanol–water partition coefficient (Wildman–Crippen LogP) is 3.08. The van der Waals surface area contributed by atoms with Crippen LogP contribution in [0.1, 0.15) is 31.7 Å². The number of benzene rings is 1. The highest BCUT2D eigenvalue weighted by molar-refractivity contribution is 5.83. The Labute approximate surface area is 144 Å². The summed E-state index contributed by atoms with van der Waals surface area (Å²) in [5.74, 6) is 0.850. The van der Waals surface area contributed by atoms with Gasteiger partial charge in [0.2, 0.25) is 0 Å². The van der Waals surface area contributed by atoms with Crippen LogP contribution in [0, 0.1) is 0 Å². The predicted molar refractivity (Wildman–Crippen MR) is 102 cm³/mol. The molecular weight excluding hydrogens is 300 g/mol. The number of nitrogens with zero attached hydrogens (tertiary/aromatic N) is 1.